The molecule has 0 aliphatic heterocycles. The molecule has 0 saturated heterocycles. The van der Waals surface area contributed by atoms with Crippen molar-refractivity contribution in [3.05, 3.63) is 29.8 Å². The third-order valence-corrected chi connectivity index (χ3v) is 1.84. The van der Waals surface area contributed by atoms with Crippen LogP contribution in [0.25, 0.3) is 0 Å². The predicted molar refractivity (Wildman–Crippen MR) is 47.7 cm³/mol. The van der Waals surface area contributed by atoms with E-state index in [0.717, 1.165) is 0 Å². The van der Waals surface area contributed by atoms with Gasteiger partial charge in [0, 0.05) is 0 Å². The summed E-state index contributed by atoms with van der Waals surface area (Å²) in [6.45, 7) is 2.10. The summed E-state index contributed by atoms with van der Waals surface area (Å²) < 4.78 is 0. The van der Waals surface area contributed by atoms with Crippen molar-refractivity contribution in [3.8, 4) is 0 Å². The van der Waals surface area contributed by atoms with Crippen LogP contribution < -0.4 is 5.30 Å². The summed E-state index contributed by atoms with van der Waals surface area (Å²) in [7, 11) is 2.69. The standard InChI is InChI=1S/C7H9P.Li.H/c1-6-4-2-3-5-7(6)8;;/h2-5H,8H2,1H3;;. The molecule has 0 heterocycles. The van der Waals surface area contributed by atoms with Gasteiger partial charge >= 0.3 is 18.9 Å². The van der Waals surface area contributed by atoms with E-state index in [2.05, 4.69) is 28.3 Å². The van der Waals surface area contributed by atoms with Crippen LogP contribution in [0.15, 0.2) is 24.3 Å². The Kier molecular flexibility index (Phi) is 4.24. The maximum absolute atomic E-state index is 2.69. The van der Waals surface area contributed by atoms with E-state index in [9.17, 15) is 0 Å². The van der Waals surface area contributed by atoms with Crippen LogP contribution in [0.1, 0.15) is 5.56 Å². The van der Waals surface area contributed by atoms with E-state index in [4.69, 9.17) is 0 Å². The summed E-state index contributed by atoms with van der Waals surface area (Å²) in [6, 6.07) is 8.26. The Labute approximate surface area is 70.4 Å². The van der Waals surface area contributed by atoms with Crippen LogP contribution in [0.5, 0.6) is 0 Å². The van der Waals surface area contributed by atoms with Gasteiger partial charge in [-0.25, -0.2) is 0 Å². The average molecular weight is 132 g/mol. The second kappa shape index (κ2) is 4.13. The van der Waals surface area contributed by atoms with E-state index in [1.807, 2.05) is 12.1 Å². The van der Waals surface area contributed by atoms with Gasteiger partial charge in [-0.1, -0.05) is 24.3 Å². The second-order valence-electron chi connectivity index (χ2n) is 1.86. The Morgan fingerprint density at radius 2 is 1.78 bits per heavy atom. The van der Waals surface area contributed by atoms with Crippen molar-refractivity contribution >= 4 is 33.4 Å². The minimum atomic E-state index is 0. The van der Waals surface area contributed by atoms with Gasteiger partial charge in [-0.2, -0.15) is 0 Å². The Morgan fingerprint density at radius 3 is 2.11 bits per heavy atom. The molecular weight excluding hydrogens is 122 g/mol. The monoisotopic (exact) mass is 132 g/mol. The van der Waals surface area contributed by atoms with E-state index in [1.165, 1.54) is 10.9 Å². The Balaban J connectivity index is 0.000000640. The number of hydrogen-bond donors (Lipinski definition) is 0. The van der Waals surface area contributed by atoms with E-state index in [0.29, 0.717) is 0 Å². The fourth-order valence-corrected chi connectivity index (χ4v) is 0.794. The number of benzene rings is 1. The topological polar surface area (TPSA) is 0 Å². The van der Waals surface area contributed by atoms with Gasteiger partial charge in [0.25, 0.3) is 0 Å². The Morgan fingerprint density at radius 1 is 1.22 bits per heavy atom. The van der Waals surface area contributed by atoms with Crippen molar-refractivity contribution in [2.45, 2.75) is 6.92 Å². The Hall–Kier alpha value is 0.247. The van der Waals surface area contributed by atoms with Gasteiger partial charge in [0.1, 0.15) is 0 Å². The van der Waals surface area contributed by atoms with Crippen molar-refractivity contribution in [2.24, 2.45) is 0 Å². The average Bonchev–Trinajstić information content (AvgIpc) is 1.77. The molecule has 1 atom stereocenters. The van der Waals surface area contributed by atoms with Gasteiger partial charge in [0.15, 0.2) is 0 Å². The Bertz CT molecular complexity index is 165. The maximum atomic E-state index is 2.69. The van der Waals surface area contributed by atoms with Crippen LogP contribution in [-0.2, 0) is 0 Å². The molecule has 44 valence electrons. The van der Waals surface area contributed by atoms with Gasteiger partial charge in [0.05, 0.1) is 0 Å². The molecule has 0 nitrogen and oxygen atoms in total. The SMILES string of the molecule is Cc1ccccc1P.[LiH]. The molecule has 0 fully saturated rings. The summed E-state index contributed by atoms with van der Waals surface area (Å²) in [5.74, 6) is 0. The van der Waals surface area contributed by atoms with E-state index >= 15 is 0 Å². The minimum absolute atomic E-state index is 0. The molecule has 0 spiro atoms. The van der Waals surface area contributed by atoms with E-state index in [1.54, 1.807) is 0 Å². The van der Waals surface area contributed by atoms with Crippen molar-refractivity contribution in [1.82, 2.24) is 0 Å². The molecule has 2 heteroatoms. The van der Waals surface area contributed by atoms with Crippen molar-refractivity contribution < 1.29 is 0 Å². The normalized spacial score (nSPS) is 8.22. The molecule has 1 aromatic rings. The first-order chi connectivity index (χ1) is 3.80. The van der Waals surface area contributed by atoms with E-state index < -0.39 is 0 Å². The zero-order valence-electron chi connectivity index (χ0n) is 4.89. The summed E-state index contributed by atoms with van der Waals surface area (Å²) in [4.78, 5) is 0. The van der Waals surface area contributed by atoms with Gasteiger partial charge in [-0.05, 0) is 17.8 Å². The first-order valence-corrected chi connectivity index (χ1v) is 3.19. The van der Waals surface area contributed by atoms with Crippen LogP contribution >= 0.6 is 9.24 Å². The molecule has 1 rings (SSSR count). The summed E-state index contributed by atoms with van der Waals surface area (Å²) in [5, 5.41) is 1.28. The van der Waals surface area contributed by atoms with Gasteiger partial charge in [0.2, 0.25) is 0 Å². The molecule has 0 bridgehead atoms. The zero-order valence-corrected chi connectivity index (χ0v) is 6.04. The van der Waals surface area contributed by atoms with Gasteiger partial charge in [-0.15, -0.1) is 9.24 Å². The van der Waals surface area contributed by atoms with Crippen LogP contribution in [0.4, 0.5) is 0 Å². The van der Waals surface area contributed by atoms with Crippen LogP contribution in [-0.4, -0.2) is 18.9 Å². The summed E-state index contributed by atoms with van der Waals surface area (Å²) >= 11 is 0. The summed E-state index contributed by atoms with van der Waals surface area (Å²) in [5.41, 5.74) is 1.33. The number of aryl methyl sites for hydroxylation is 1. The summed E-state index contributed by atoms with van der Waals surface area (Å²) in [6.07, 6.45) is 0. The van der Waals surface area contributed by atoms with Crippen molar-refractivity contribution in [1.29, 1.82) is 0 Å². The van der Waals surface area contributed by atoms with Crippen molar-refractivity contribution in [2.75, 3.05) is 0 Å². The fraction of sp³-hybridized carbons (Fsp3) is 0.143. The molecule has 0 aliphatic carbocycles. The molecule has 1 aromatic carbocycles. The molecular formula is C7H10LiP. The third-order valence-electron chi connectivity index (χ3n) is 1.19. The molecule has 0 amide bonds. The van der Waals surface area contributed by atoms with Crippen LogP contribution in [0.3, 0.4) is 0 Å². The zero-order chi connectivity index (χ0) is 5.98. The van der Waals surface area contributed by atoms with Crippen LogP contribution in [0.2, 0.25) is 0 Å². The molecule has 0 aromatic heterocycles. The molecule has 1 unspecified atom stereocenters. The van der Waals surface area contributed by atoms with Crippen molar-refractivity contribution in [3.63, 3.8) is 0 Å². The quantitative estimate of drug-likeness (QED) is 0.362. The number of rotatable bonds is 0. The molecule has 0 radical (unpaired) electrons. The molecule has 0 N–H and O–H groups in total. The fourth-order valence-electron chi connectivity index (χ4n) is 0.587. The van der Waals surface area contributed by atoms with E-state index in [-0.39, 0.29) is 18.9 Å². The first-order valence-electron chi connectivity index (χ1n) is 2.62. The molecule has 0 saturated carbocycles. The first kappa shape index (κ1) is 9.25. The van der Waals surface area contributed by atoms with Crippen LogP contribution in [0, 0.1) is 6.92 Å². The second-order valence-corrected chi connectivity index (χ2v) is 2.48. The van der Waals surface area contributed by atoms with Gasteiger partial charge in [-0.3, -0.25) is 0 Å². The predicted octanol–water partition coefficient (Wildman–Crippen LogP) is 0.847. The number of hydrogen-bond acceptors (Lipinski definition) is 0. The molecule has 9 heavy (non-hydrogen) atoms. The third kappa shape index (κ3) is 2.54. The van der Waals surface area contributed by atoms with Gasteiger partial charge < -0.3 is 0 Å². The molecule has 0 aliphatic rings.